The van der Waals surface area contributed by atoms with E-state index < -0.39 is 0 Å². The van der Waals surface area contributed by atoms with E-state index in [1.54, 1.807) is 0 Å². The third-order valence-corrected chi connectivity index (χ3v) is 3.95. The zero-order valence-corrected chi connectivity index (χ0v) is 13.1. The fourth-order valence-electron chi connectivity index (χ4n) is 2.61. The molecule has 4 nitrogen and oxygen atoms in total. The molecule has 0 aromatic rings. The highest BCUT2D eigenvalue weighted by atomic mass is 16.5. The summed E-state index contributed by atoms with van der Waals surface area (Å²) in [5.74, 6) is 0. The number of nitrogens with zero attached hydrogens (tertiary/aromatic N) is 1. The molecule has 0 aromatic heterocycles. The predicted octanol–water partition coefficient (Wildman–Crippen LogP) is 1.48. The number of hydrogen-bond acceptors (Lipinski definition) is 4. The van der Waals surface area contributed by atoms with Gasteiger partial charge in [-0.25, -0.2) is 0 Å². The van der Waals surface area contributed by atoms with E-state index in [1.807, 2.05) is 0 Å². The summed E-state index contributed by atoms with van der Waals surface area (Å²) in [5.41, 5.74) is 0.274. The van der Waals surface area contributed by atoms with Crippen LogP contribution in [0.25, 0.3) is 0 Å². The van der Waals surface area contributed by atoms with Gasteiger partial charge < -0.3 is 15.2 Å². The highest BCUT2D eigenvalue weighted by molar-refractivity contribution is 4.83. The molecule has 1 heterocycles. The second-order valence-electron chi connectivity index (χ2n) is 6.61. The van der Waals surface area contributed by atoms with Gasteiger partial charge in [0.25, 0.3) is 0 Å². The quantitative estimate of drug-likeness (QED) is 0.737. The van der Waals surface area contributed by atoms with Crippen molar-refractivity contribution in [2.75, 3.05) is 39.5 Å². The van der Waals surface area contributed by atoms with E-state index in [0.29, 0.717) is 12.6 Å². The highest BCUT2D eigenvalue weighted by Crippen LogP contribution is 2.22. The predicted molar refractivity (Wildman–Crippen MR) is 79.4 cm³/mol. The van der Waals surface area contributed by atoms with Crippen molar-refractivity contribution in [1.29, 1.82) is 0 Å². The Morgan fingerprint density at radius 2 is 2.16 bits per heavy atom. The Morgan fingerprint density at radius 3 is 2.74 bits per heavy atom. The van der Waals surface area contributed by atoms with Crippen molar-refractivity contribution in [3.63, 3.8) is 0 Å². The number of morpholine rings is 1. The summed E-state index contributed by atoms with van der Waals surface area (Å²) in [6.07, 6.45) is 2.30. The fraction of sp³-hybridized carbons (Fsp3) is 1.00. The molecule has 1 fully saturated rings. The number of rotatable bonds is 7. The fourth-order valence-corrected chi connectivity index (χ4v) is 2.61. The van der Waals surface area contributed by atoms with Crippen molar-refractivity contribution in [3.05, 3.63) is 0 Å². The van der Waals surface area contributed by atoms with Gasteiger partial charge in [0, 0.05) is 19.1 Å². The van der Waals surface area contributed by atoms with Gasteiger partial charge in [0.15, 0.2) is 0 Å². The maximum atomic E-state index is 9.39. The third kappa shape index (κ3) is 5.78. The lowest BCUT2D eigenvalue weighted by atomic mass is 9.84. The third-order valence-electron chi connectivity index (χ3n) is 3.95. The molecule has 2 unspecified atom stereocenters. The molecular weight excluding hydrogens is 240 g/mol. The van der Waals surface area contributed by atoms with Gasteiger partial charge in [-0.15, -0.1) is 0 Å². The van der Waals surface area contributed by atoms with Crippen molar-refractivity contribution < 1.29 is 9.84 Å². The molecule has 0 aromatic carbocycles. The molecule has 19 heavy (non-hydrogen) atoms. The topological polar surface area (TPSA) is 44.7 Å². The van der Waals surface area contributed by atoms with Crippen molar-refractivity contribution in [3.8, 4) is 0 Å². The average molecular weight is 272 g/mol. The summed E-state index contributed by atoms with van der Waals surface area (Å²) in [5, 5.41) is 13.1. The SMILES string of the molecule is CCCNC(CCN1CCOCC1CO)C(C)(C)C. The Hall–Kier alpha value is -0.160. The summed E-state index contributed by atoms with van der Waals surface area (Å²) in [6.45, 7) is 13.8. The number of nitrogens with one attached hydrogen (secondary N) is 1. The molecule has 0 saturated carbocycles. The Bertz CT molecular complexity index is 241. The van der Waals surface area contributed by atoms with Crippen LogP contribution in [0.1, 0.15) is 40.5 Å². The monoisotopic (exact) mass is 272 g/mol. The molecule has 1 aliphatic heterocycles. The van der Waals surface area contributed by atoms with E-state index >= 15 is 0 Å². The van der Waals surface area contributed by atoms with Crippen LogP contribution in [0.15, 0.2) is 0 Å². The van der Waals surface area contributed by atoms with Crippen LogP contribution < -0.4 is 5.32 Å². The second kappa shape index (κ2) is 8.20. The number of ether oxygens (including phenoxy) is 1. The number of aliphatic hydroxyl groups excluding tert-OH is 1. The summed E-state index contributed by atoms with van der Waals surface area (Å²) in [7, 11) is 0. The van der Waals surface area contributed by atoms with Crippen molar-refractivity contribution >= 4 is 0 Å². The van der Waals surface area contributed by atoms with Crippen LogP contribution in [0, 0.1) is 5.41 Å². The minimum Gasteiger partial charge on any atom is -0.395 e. The van der Waals surface area contributed by atoms with Crippen LogP contribution >= 0.6 is 0 Å². The van der Waals surface area contributed by atoms with Crippen LogP contribution in [0.2, 0.25) is 0 Å². The average Bonchev–Trinajstić information content (AvgIpc) is 2.37. The zero-order valence-electron chi connectivity index (χ0n) is 13.1. The van der Waals surface area contributed by atoms with Gasteiger partial charge in [-0.05, 0) is 24.8 Å². The summed E-state index contributed by atoms with van der Waals surface area (Å²) < 4.78 is 5.42. The maximum absolute atomic E-state index is 9.39. The Morgan fingerprint density at radius 1 is 1.42 bits per heavy atom. The van der Waals surface area contributed by atoms with E-state index in [0.717, 1.165) is 32.7 Å². The van der Waals surface area contributed by atoms with Gasteiger partial charge in [-0.3, -0.25) is 4.90 Å². The number of aliphatic hydroxyl groups is 1. The Kier molecular flexibility index (Phi) is 7.29. The first-order valence-electron chi connectivity index (χ1n) is 7.65. The molecule has 1 saturated heterocycles. The Labute approximate surface area is 118 Å². The molecule has 2 atom stereocenters. The Balaban J connectivity index is 2.45. The molecule has 0 radical (unpaired) electrons. The van der Waals surface area contributed by atoms with E-state index in [4.69, 9.17) is 4.74 Å². The van der Waals surface area contributed by atoms with Gasteiger partial charge >= 0.3 is 0 Å². The summed E-state index contributed by atoms with van der Waals surface area (Å²) >= 11 is 0. The van der Waals surface area contributed by atoms with E-state index in [9.17, 15) is 5.11 Å². The highest BCUT2D eigenvalue weighted by Gasteiger charge is 2.27. The lowest BCUT2D eigenvalue weighted by Gasteiger charge is -2.38. The van der Waals surface area contributed by atoms with Crippen LogP contribution in [-0.4, -0.2) is 61.5 Å². The van der Waals surface area contributed by atoms with Crippen LogP contribution in [0.4, 0.5) is 0 Å². The van der Waals surface area contributed by atoms with Crippen LogP contribution in [-0.2, 0) is 4.74 Å². The summed E-state index contributed by atoms with van der Waals surface area (Å²) in [6, 6.07) is 0.704. The summed E-state index contributed by atoms with van der Waals surface area (Å²) in [4.78, 5) is 2.37. The first-order chi connectivity index (χ1) is 8.99. The molecule has 2 N–H and O–H groups in total. The molecule has 0 spiro atoms. The van der Waals surface area contributed by atoms with E-state index in [1.165, 1.54) is 6.42 Å². The maximum Gasteiger partial charge on any atom is 0.0644 e. The van der Waals surface area contributed by atoms with Gasteiger partial charge in [0.05, 0.1) is 25.9 Å². The first kappa shape index (κ1) is 16.9. The van der Waals surface area contributed by atoms with E-state index in [2.05, 4.69) is 37.9 Å². The standard InChI is InChI=1S/C15H32N2O2/c1-5-7-16-14(15(2,3)4)6-8-17-9-10-19-12-13(17)11-18/h13-14,16,18H,5-12H2,1-4H3. The van der Waals surface area contributed by atoms with Gasteiger partial charge in [0.2, 0.25) is 0 Å². The smallest absolute Gasteiger partial charge is 0.0644 e. The molecule has 0 amide bonds. The molecule has 0 aliphatic carbocycles. The zero-order chi connectivity index (χ0) is 14.3. The molecule has 1 rings (SSSR count). The molecule has 4 heteroatoms. The molecule has 1 aliphatic rings. The minimum absolute atomic E-state index is 0.181. The molecule has 0 bridgehead atoms. The first-order valence-corrected chi connectivity index (χ1v) is 7.65. The van der Waals surface area contributed by atoms with Crippen molar-refractivity contribution in [2.24, 2.45) is 5.41 Å². The van der Waals surface area contributed by atoms with Gasteiger partial charge in [-0.2, -0.15) is 0 Å². The lowest BCUT2D eigenvalue weighted by molar-refractivity contribution is -0.0298. The molecule has 114 valence electrons. The van der Waals surface area contributed by atoms with Crippen LogP contribution in [0.3, 0.4) is 0 Å². The molecular formula is C15H32N2O2. The van der Waals surface area contributed by atoms with Crippen molar-refractivity contribution in [1.82, 2.24) is 10.2 Å². The van der Waals surface area contributed by atoms with Crippen LogP contribution in [0.5, 0.6) is 0 Å². The van der Waals surface area contributed by atoms with Gasteiger partial charge in [0.1, 0.15) is 0 Å². The normalized spacial score (nSPS) is 23.5. The second-order valence-corrected chi connectivity index (χ2v) is 6.61. The lowest BCUT2D eigenvalue weighted by Crippen LogP contribution is -2.50. The van der Waals surface area contributed by atoms with Crippen molar-refractivity contribution in [2.45, 2.75) is 52.6 Å². The van der Waals surface area contributed by atoms with E-state index in [-0.39, 0.29) is 18.1 Å². The number of hydrogen-bond donors (Lipinski definition) is 2. The van der Waals surface area contributed by atoms with Gasteiger partial charge in [-0.1, -0.05) is 27.7 Å². The largest absolute Gasteiger partial charge is 0.395 e. The minimum atomic E-state index is 0.181.